The average molecular weight is 390 g/mol. The van der Waals surface area contributed by atoms with Crippen molar-refractivity contribution in [2.24, 2.45) is 5.92 Å². The van der Waals surface area contributed by atoms with E-state index in [1.54, 1.807) is 12.6 Å². The van der Waals surface area contributed by atoms with E-state index in [0.29, 0.717) is 5.92 Å². The number of carbonyl (C=O) groups is 1. The van der Waals surface area contributed by atoms with Crippen LogP contribution in [0.25, 0.3) is 11.3 Å². The van der Waals surface area contributed by atoms with Gasteiger partial charge < -0.3 is 14.3 Å². The first kappa shape index (κ1) is 18.2. The number of hydrogen-bond donors (Lipinski definition) is 1. The highest BCUT2D eigenvalue weighted by molar-refractivity contribution is 5.95. The zero-order valence-electron chi connectivity index (χ0n) is 16.7. The zero-order valence-corrected chi connectivity index (χ0v) is 16.7. The lowest BCUT2D eigenvalue weighted by Gasteiger charge is -2.36. The van der Waals surface area contributed by atoms with E-state index < -0.39 is 0 Å². The lowest BCUT2D eigenvalue weighted by atomic mass is 9.94. The molecule has 1 N–H and O–H groups in total. The predicted octanol–water partition coefficient (Wildman–Crippen LogP) is 3.71. The number of fused-ring (bicyclic) bond motifs is 4. The Morgan fingerprint density at radius 1 is 1.17 bits per heavy atom. The number of aromatic nitrogens is 2. The van der Waals surface area contributed by atoms with Crippen LogP contribution in [0.5, 0.6) is 0 Å². The van der Waals surface area contributed by atoms with Gasteiger partial charge in [-0.2, -0.15) is 0 Å². The summed E-state index contributed by atoms with van der Waals surface area (Å²) in [5, 5.41) is 0. The summed E-state index contributed by atoms with van der Waals surface area (Å²) < 4.78 is 5.45. The number of carbonyl (C=O) groups excluding carboxylic acids is 1. The van der Waals surface area contributed by atoms with E-state index in [2.05, 4.69) is 26.7 Å². The standard InChI is InChI=1S/C23H26N4O2/c1-16-21(25-15-24-16)14-26-11-17-4-9-20(13-26)27(12-17)23(28)19-7-5-18(6-8-19)22-3-2-10-29-22/h2-3,5-8,10,15,17,20H,4,9,11-14H2,1H3,(H,24,25)/t17-,20+/m0/s1. The van der Waals surface area contributed by atoms with Gasteiger partial charge in [0.2, 0.25) is 0 Å². The second-order valence-electron chi connectivity index (χ2n) is 8.28. The van der Waals surface area contributed by atoms with Crippen molar-refractivity contribution < 1.29 is 9.21 Å². The number of imidazole rings is 1. The van der Waals surface area contributed by atoms with Crippen molar-refractivity contribution in [2.75, 3.05) is 19.6 Å². The molecule has 0 spiro atoms. The van der Waals surface area contributed by atoms with Crippen molar-refractivity contribution in [1.82, 2.24) is 19.8 Å². The fourth-order valence-electron chi connectivity index (χ4n) is 4.70. The van der Waals surface area contributed by atoms with Gasteiger partial charge in [0.1, 0.15) is 5.76 Å². The summed E-state index contributed by atoms with van der Waals surface area (Å²) in [6, 6.07) is 11.8. The van der Waals surface area contributed by atoms with Gasteiger partial charge in [-0.3, -0.25) is 9.69 Å². The molecule has 3 saturated heterocycles. The number of benzene rings is 1. The molecule has 6 nitrogen and oxygen atoms in total. The SMILES string of the molecule is Cc1[nH]cnc1CN1C[C@@H]2CC[C@H](C1)N(C(=O)c1ccc(-c3ccco3)cc1)C2. The summed E-state index contributed by atoms with van der Waals surface area (Å²) >= 11 is 0. The van der Waals surface area contributed by atoms with Crippen molar-refractivity contribution in [3.63, 3.8) is 0 Å². The first-order chi connectivity index (χ1) is 14.2. The highest BCUT2D eigenvalue weighted by atomic mass is 16.3. The van der Waals surface area contributed by atoms with E-state index in [9.17, 15) is 4.79 Å². The molecule has 2 aromatic heterocycles. The van der Waals surface area contributed by atoms with Crippen molar-refractivity contribution in [3.05, 3.63) is 65.9 Å². The van der Waals surface area contributed by atoms with Crippen LogP contribution in [0.15, 0.2) is 53.4 Å². The summed E-state index contributed by atoms with van der Waals surface area (Å²) in [5.74, 6) is 1.49. The quantitative estimate of drug-likeness (QED) is 0.737. The van der Waals surface area contributed by atoms with E-state index in [0.717, 1.165) is 60.9 Å². The molecule has 1 aromatic carbocycles. The molecule has 0 aliphatic carbocycles. The first-order valence-electron chi connectivity index (χ1n) is 10.3. The molecule has 3 aliphatic rings. The molecule has 29 heavy (non-hydrogen) atoms. The van der Waals surface area contributed by atoms with E-state index in [4.69, 9.17) is 4.42 Å². The largest absolute Gasteiger partial charge is 0.464 e. The second-order valence-corrected chi connectivity index (χ2v) is 8.28. The Balaban J connectivity index is 1.31. The highest BCUT2D eigenvalue weighted by Crippen LogP contribution is 2.30. The van der Waals surface area contributed by atoms with Crippen LogP contribution in [-0.4, -0.2) is 51.4 Å². The minimum Gasteiger partial charge on any atom is -0.464 e. The van der Waals surface area contributed by atoms with Gasteiger partial charge in [0.25, 0.3) is 5.91 Å². The molecule has 6 rings (SSSR count). The van der Waals surface area contributed by atoms with Crippen LogP contribution in [0.1, 0.15) is 34.6 Å². The maximum absolute atomic E-state index is 13.3. The Kier molecular flexibility index (Phi) is 4.72. The molecule has 2 atom stereocenters. The molecule has 3 aliphatic heterocycles. The fraction of sp³-hybridized carbons (Fsp3) is 0.391. The van der Waals surface area contributed by atoms with Crippen molar-refractivity contribution in [2.45, 2.75) is 32.4 Å². The highest BCUT2D eigenvalue weighted by Gasteiger charge is 2.37. The molecule has 0 radical (unpaired) electrons. The van der Waals surface area contributed by atoms with Gasteiger partial charge >= 0.3 is 0 Å². The van der Waals surface area contributed by atoms with Crippen LogP contribution in [-0.2, 0) is 6.54 Å². The van der Waals surface area contributed by atoms with Crippen LogP contribution in [0.3, 0.4) is 0 Å². The number of aryl methyl sites for hydroxylation is 1. The van der Waals surface area contributed by atoms with Gasteiger partial charge in [0, 0.05) is 49.0 Å². The lowest BCUT2D eigenvalue weighted by molar-refractivity contribution is 0.0585. The van der Waals surface area contributed by atoms with Gasteiger partial charge in [-0.1, -0.05) is 12.1 Å². The molecule has 2 bridgehead atoms. The van der Waals surface area contributed by atoms with Crippen LogP contribution in [0, 0.1) is 12.8 Å². The van der Waals surface area contributed by atoms with Crippen LogP contribution >= 0.6 is 0 Å². The maximum Gasteiger partial charge on any atom is 0.254 e. The van der Waals surface area contributed by atoms with Gasteiger partial charge in [-0.25, -0.2) is 4.98 Å². The zero-order chi connectivity index (χ0) is 19.8. The molecular weight excluding hydrogens is 364 g/mol. The van der Waals surface area contributed by atoms with Crippen molar-refractivity contribution in [3.8, 4) is 11.3 Å². The van der Waals surface area contributed by atoms with Crippen LogP contribution in [0.2, 0.25) is 0 Å². The Morgan fingerprint density at radius 2 is 2.03 bits per heavy atom. The molecular formula is C23H26N4O2. The second kappa shape index (κ2) is 7.52. The third-order valence-electron chi connectivity index (χ3n) is 6.30. The maximum atomic E-state index is 13.3. The summed E-state index contributed by atoms with van der Waals surface area (Å²) in [5.41, 5.74) is 3.98. The van der Waals surface area contributed by atoms with Gasteiger partial charge in [-0.15, -0.1) is 0 Å². The van der Waals surface area contributed by atoms with E-state index in [1.807, 2.05) is 36.4 Å². The third kappa shape index (κ3) is 3.60. The summed E-state index contributed by atoms with van der Waals surface area (Å²) in [6.45, 7) is 5.71. The molecule has 0 unspecified atom stereocenters. The number of piperidine rings is 1. The monoisotopic (exact) mass is 390 g/mol. The van der Waals surface area contributed by atoms with Crippen LogP contribution < -0.4 is 0 Å². The van der Waals surface area contributed by atoms with E-state index in [1.165, 1.54) is 6.42 Å². The van der Waals surface area contributed by atoms with Gasteiger partial charge in [0.15, 0.2) is 0 Å². The number of furan rings is 1. The van der Waals surface area contributed by atoms with E-state index >= 15 is 0 Å². The summed E-state index contributed by atoms with van der Waals surface area (Å²) in [6.07, 6.45) is 5.71. The summed E-state index contributed by atoms with van der Waals surface area (Å²) in [7, 11) is 0. The Hall–Kier alpha value is -2.86. The minimum absolute atomic E-state index is 0.142. The Morgan fingerprint density at radius 3 is 2.76 bits per heavy atom. The molecule has 5 heterocycles. The normalized spacial score (nSPS) is 22.0. The smallest absolute Gasteiger partial charge is 0.254 e. The fourth-order valence-corrected chi connectivity index (χ4v) is 4.70. The molecule has 150 valence electrons. The Bertz CT molecular complexity index is 977. The number of nitrogens with zero attached hydrogens (tertiary/aromatic N) is 3. The molecule has 3 aromatic rings. The lowest BCUT2D eigenvalue weighted by Crippen LogP contribution is -2.47. The van der Waals surface area contributed by atoms with Gasteiger partial charge in [-0.05, 0) is 49.9 Å². The van der Waals surface area contributed by atoms with Gasteiger partial charge in [0.05, 0.1) is 18.3 Å². The topological polar surface area (TPSA) is 65.4 Å². The average Bonchev–Trinajstić information content (AvgIpc) is 3.33. The molecule has 0 saturated carbocycles. The summed E-state index contributed by atoms with van der Waals surface area (Å²) in [4.78, 5) is 25.5. The number of nitrogens with one attached hydrogen (secondary N) is 1. The molecule has 1 amide bonds. The molecule has 6 heteroatoms. The number of rotatable bonds is 4. The van der Waals surface area contributed by atoms with Crippen molar-refractivity contribution in [1.29, 1.82) is 0 Å². The van der Waals surface area contributed by atoms with E-state index in [-0.39, 0.29) is 11.9 Å². The minimum atomic E-state index is 0.142. The van der Waals surface area contributed by atoms with Crippen molar-refractivity contribution >= 4 is 5.91 Å². The first-order valence-corrected chi connectivity index (χ1v) is 10.3. The number of aromatic amines is 1. The number of hydrogen-bond acceptors (Lipinski definition) is 4. The Labute approximate surface area is 170 Å². The van der Waals surface area contributed by atoms with Crippen LogP contribution in [0.4, 0.5) is 0 Å². The predicted molar refractivity (Wildman–Crippen MR) is 110 cm³/mol. The number of H-pyrrole nitrogens is 1. The third-order valence-corrected chi connectivity index (χ3v) is 6.30. The molecule has 3 fully saturated rings. The number of amides is 1.